The molecule has 0 amide bonds. The van der Waals surface area contributed by atoms with E-state index in [1.54, 1.807) is 7.11 Å². The van der Waals surface area contributed by atoms with Crippen LogP contribution in [0.4, 0.5) is 0 Å². The Morgan fingerprint density at radius 3 is 1.79 bits per heavy atom. The van der Waals surface area contributed by atoms with Crippen molar-refractivity contribution in [1.82, 2.24) is 9.97 Å². The van der Waals surface area contributed by atoms with Gasteiger partial charge >= 0.3 is 0 Å². The van der Waals surface area contributed by atoms with Crippen LogP contribution in [0.15, 0.2) is 72.8 Å². The molecule has 0 fully saturated rings. The SMILES string of the molecule is COc1ccc(C2c3c([nH]c4ccccc34)Cc3[nH]c4ccccc4c32)cc1. The Morgan fingerprint density at radius 2 is 1.25 bits per heavy atom. The Labute approximate surface area is 163 Å². The first-order valence-electron chi connectivity index (χ1n) is 9.66. The summed E-state index contributed by atoms with van der Waals surface area (Å²) in [6, 6.07) is 25.8. The van der Waals surface area contributed by atoms with Crippen molar-refractivity contribution in [3.05, 3.63) is 101 Å². The number of para-hydroxylation sites is 2. The first kappa shape index (κ1) is 15.6. The van der Waals surface area contributed by atoms with Crippen LogP contribution in [0.1, 0.15) is 34.0 Å². The number of H-pyrrole nitrogens is 2. The third-order valence-electron chi connectivity index (χ3n) is 6.04. The van der Waals surface area contributed by atoms with Crippen LogP contribution in [-0.4, -0.2) is 17.1 Å². The molecule has 0 unspecified atom stereocenters. The standard InChI is InChI=1S/C25H20N2O/c1-28-16-12-10-15(11-13-16)23-24-17-6-2-4-8-19(17)26-21(24)14-22-25(23)18-7-3-5-9-20(18)27-22/h2-13,23,26-27H,14H2,1H3. The molecule has 0 aliphatic heterocycles. The van der Waals surface area contributed by atoms with Crippen molar-refractivity contribution in [2.24, 2.45) is 0 Å². The van der Waals surface area contributed by atoms with Gasteiger partial charge in [-0.3, -0.25) is 0 Å². The molecule has 28 heavy (non-hydrogen) atoms. The maximum absolute atomic E-state index is 5.39. The van der Waals surface area contributed by atoms with E-state index in [1.807, 2.05) is 0 Å². The molecule has 136 valence electrons. The molecule has 0 spiro atoms. The fourth-order valence-electron chi connectivity index (χ4n) is 4.83. The maximum Gasteiger partial charge on any atom is 0.118 e. The second kappa shape index (κ2) is 5.77. The Balaban J connectivity index is 1.68. The van der Waals surface area contributed by atoms with E-state index >= 15 is 0 Å². The fourth-order valence-corrected chi connectivity index (χ4v) is 4.83. The number of fused-ring (bicyclic) bond motifs is 6. The Morgan fingerprint density at radius 1 is 0.714 bits per heavy atom. The van der Waals surface area contributed by atoms with Crippen LogP contribution in [0.2, 0.25) is 0 Å². The first-order valence-corrected chi connectivity index (χ1v) is 9.66. The van der Waals surface area contributed by atoms with Crippen LogP contribution in [0.25, 0.3) is 21.8 Å². The van der Waals surface area contributed by atoms with Crippen molar-refractivity contribution >= 4 is 21.8 Å². The number of benzene rings is 3. The van der Waals surface area contributed by atoms with Crippen LogP contribution in [0.3, 0.4) is 0 Å². The molecule has 0 radical (unpaired) electrons. The van der Waals surface area contributed by atoms with Gasteiger partial charge in [0.1, 0.15) is 5.75 Å². The number of nitrogens with one attached hydrogen (secondary N) is 2. The van der Waals surface area contributed by atoms with Crippen molar-refractivity contribution in [2.75, 3.05) is 7.11 Å². The molecule has 2 N–H and O–H groups in total. The maximum atomic E-state index is 5.39. The lowest BCUT2D eigenvalue weighted by Gasteiger charge is -2.25. The first-order chi connectivity index (χ1) is 13.8. The molecule has 3 nitrogen and oxygen atoms in total. The summed E-state index contributed by atoms with van der Waals surface area (Å²) in [5.41, 5.74) is 9.12. The summed E-state index contributed by atoms with van der Waals surface area (Å²) in [5.74, 6) is 1.08. The summed E-state index contributed by atoms with van der Waals surface area (Å²) in [7, 11) is 1.71. The zero-order valence-electron chi connectivity index (χ0n) is 15.6. The minimum atomic E-state index is 0.192. The van der Waals surface area contributed by atoms with E-state index in [0.29, 0.717) is 0 Å². The zero-order valence-corrected chi connectivity index (χ0v) is 15.6. The molecule has 3 heteroatoms. The molecule has 2 heterocycles. The lowest BCUT2D eigenvalue weighted by molar-refractivity contribution is 0.414. The minimum absolute atomic E-state index is 0.192. The van der Waals surface area contributed by atoms with E-state index in [-0.39, 0.29) is 5.92 Å². The Kier molecular flexibility index (Phi) is 3.21. The summed E-state index contributed by atoms with van der Waals surface area (Å²) < 4.78 is 5.39. The number of aromatic amines is 2. The zero-order chi connectivity index (χ0) is 18.7. The van der Waals surface area contributed by atoms with E-state index < -0.39 is 0 Å². The Bertz CT molecular complexity index is 1240. The average molecular weight is 364 g/mol. The highest BCUT2D eigenvalue weighted by molar-refractivity contribution is 5.92. The third-order valence-corrected chi connectivity index (χ3v) is 6.04. The van der Waals surface area contributed by atoms with Crippen molar-refractivity contribution in [3.8, 4) is 5.75 Å². The topological polar surface area (TPSA) is 40.8 Å². The summed E-state index contributed by atoms with van der Waals surface area (Å²) in [6.45, 7) is 0. The van der Waals surface area contributed by atoms with Gasteiger partial charge in [0, 0.05) is 45.5 Å². The van der Waals surface area contributed by atoms with Gasteiger partial charge in [-0.1, -0.05) is 48.5 Å². The number of aromatic nitrogens is 2. The molecule has 5 aromatic rings. The molecule has 6 rings (SSSR count). The minimum Gasteiger partial charge on any atom is -0.497 e. The van der Waals surface area contributed by atoms with E-state index in [9.17, 15) is 0 Å². The molecule has 0 atom stereocenters. The van der Waals surface area contributed by atoms with E-state index in [0.717, 1.165) is 12.2 Å². The van der Waals surface area contributed by atoms with Crippen molar-refractivity contribution in [1.29, 1.82) is 0 Å². The van der Waals surface area contributed by atoms with Crippen LogP contribution in [0, 0.1) is 0 Å². The van der Waals surface area contributed by atoms with Gasteiger partial charge in [-0.2, -0.15) is 0 Å². The van der Waals surface area contributed by atoms with Crippen molar-refractivity contribution in [3.63, 3.8) is 0 Å². The number of ether oxygens (including phenoxy) is 1. The van der Waals surface area contributed by atoms with Gasteiger partial charge < -0.3 is 14.7 Å². The monoisotopic (exact) mass is 364 g/mol. The lowest BCUT2D eigenvalue weighted by atomic mass is 9.78. The van der Waals surface area contributed by atoms with Crippen LogP contribution in [-0.2, 0) is 6.42 Å². The van der Waals surface area contributed by atoms with Gasteiger partial charge in [0.25, 0.3) is 0 Å². The second-order valence-electron chi connectivity index (χ2n) is 7.51. The number of methoxy groups -OCH3 is 1. The normalized spacial score (nSPS) is 13.6. The summed E-state index contributed by atoms with van der Waals surface area (Å²) in [5, 5.41) is 2.63. The molecule has 3 aromatic carbocycles. The Hall–Kier alpha value is -3.46. The summed E-state index contributed by atoms with van der Waals surface area (Å²) in [4.78, 5) is 7.36. The number of rotatable bonds is 2. The average Bonchev–Trinajstić information content (AvgIpc) is 3.30. The number of hydrogen-bond donors (Lipinski definition) is 2. The van der Waals surface area contributed by atoms with E-state index in [1.165, 1.54) is 49.9 Å². The van der Waals surface area contributed by atoms with Crippen LogP contribution >= 0.6 is 0 Å². The van der Waals surface area contributed by atoms with E-state index in [4.69, 9.17) is 4.74 Å². The van der Waals surface area contributed by atoms with Crippen molar-refractivity contribution < 1.29 is 4.74 Å². The molecular formula is C25H20N2O. The highest BCUT2D eigenvalue weighted by Crippen LogP contribution is 2.47. The summed E-state index contributed by atoms with van der Waals surface area (Å²) in [6.07, 6.45) is 0.903. The molecule has 0 bridgehead atoms. The highest BCUT2D eigenvalue weighted by Gasteiger charge is 2.33. The quantitative estimate of drug-likeness (QED) is 0.404. The number of hydrogen-bond acceptors (Lipinski definition) is 1. The predicted molar refractivity (Wildman–Crippen MR) is 113 cm³/mol. The molecule has 0 saturated heterocycles. The largest absolute Gasteiger partial charge is 0.497 e. The van der Waals surface area contributed by atoms with Gasteiger partial charge in [-0.25, -0.2) is 0 Å². The lowest BCUT2D eigenvalue weighted by Crippen LogP contribution is -2.13. The fraction of sp³-hybridized carbons (Fsp3) is 0.120. The smallest absolute Gasteiger partial charge is 0.118 e. The molecule has 1 aliphatic carbocycles. The molecule has 2 aromatic heterocycles. The van der Waals surface area contributed by atoms with Gasteiger partial charge in [-0.15, -0.1) is 0 Å². The third kappa shape index (κ3) is 2.10. The highest BCUT2D eigenvalue weighted by atomic mass is 16.5. The van der Waals surface area contributed by atoms with Gasteiger partial charge in [0.2, 0.25) is 0 Å². The second-order valence-corrected chi connectivity index (χ2v) is 7.51. The molecule has 1 aliphatic rings. The summed E-state index contributed by atoms with van der Waals surface area (Å²) >= 11 is 0. The molecular weight excluding hydrogens is 344 g/mol. The van der Waals surface area contributed by atoms with Crippen LogP contribution in [0.5, 0.6) is 5.75 Å². The predicted octanol–water partition coefficient (Wildman–Crippen LogP) is 5.74. The van der Waals surface area contributed by atoms with Gasteiger partial charge in [-0.05, 0) is 41.0 Å². The molecule has 0 saturated carbocycles. The van der Waals surface area contributed by atoms with Gasteiger partial charge in [0.05, 0.1) is 7.11 Å². The van der Waals surface area contributed by atoms with Crippen LogP contribution < -0.4 is 4.74 Å². The van der Waals surface area contributed by atoms with Crippen molar-refractivity contribution in [2.45, 2.75) is 12.3 Å². The van der Waals surface area contributed by atoms with Gasteiger partial charge in [0.15, 0.2) is 0 Å². The van der Waals surface area contributed by atoms with E-state index in [2.05, 4.69) is 82.8 Å².